The van der Waals surface area contributed by atoms with Gasteiger partial charge in [-0.3, -0.25) is 0 Å². The molecule has 0 radical (unpaired) electrons. The fourth-order valence-corrected chi connectivity index (χ4v) is 1.78. The number of hydrogen-bond donors (Lipinski definition) is 3. The number of nitrogens with zero attached hydrogens (tertiary/aromatic N) is 1. The van der Waals surface area contributed by atoms with Crippen molar-refractivity contribution in [3.63, 3.8) is 0 Å². The number of imidazole rings is 1. The summed E-state index contributed by atoms with van der Waals surface area (Å²) in [4.78, 5) is 7.35. The van der Waals surface area contributed by atoms with E-state index in [2.05, 4.69) is 15.3 Å². The third-order valence-electron chi connectivity index (χ3n) is 2.33. The van der Waals surface area contributed by atoms with Crippen LogP contribution >= 0.6 is 11.6 Å². The molecule has 0 aliphatic carbocycles. The van der Waals surface area contributed by atoms with Crippen LogP contribution < -0.4 is 5.32 Å². The largest absolute Gasteiger partial charge is 0.395 e. The average Bonchev–Trinajstić information content (AvgIpc) is 2.68. The van der Waals surface area contributed by atoms with Crippen molar-refractivity contribution >= 4 is 17.4 Å². The molecule has 0 fully saturated rings. The molecule has 0 amide bonds. The molecule has 0 aliphatic heterocycles. The van der Waals surface area contributed by atoms with Crippen molar-refractivity contribution in [1.29, 1.82) is 0 Å². The number of H-pyrrole nitrogens is 1. The standard InChI is InChI=1S/C12H14ClN3O/c13-11-12(14-6-7-17)16-10(15-11)8-9-4-2-1-3-5-9/h1-5,14,17H,6-8H2,(H,15,16). The number of rotatable bonds is 5. The molecule has 5 heteroatoms. The molecule has 2 aromatic rings. The molecule has 0 saturated carbocycles. The lowest BCUT2D eigenvalue weighted by atomic mass is 10.1. The van der Waals surface area contributed by atoms with Gasteiger partial charge in [-0.1, -0.05) is 41.9 Å². The first-order valence-corrected chi connectivity index (χ1v) is 5.80. The summed E-state index contributed by atoms with van der Waals surface area (Å²) in [7, 11) is 0. The van der Waals surface area contributed by atoms with Gasteiger partial charge in [0.1, 0.15) is 5.82 Å². The van der Waals surface area contributed by atoms with Crippen LogP contribution in [0, 0.1) is 0 Å². The van der Waals surface area contributed by atoms with E-state index in [1.807, 2.05) is 30.3 Å². The molecule has 4 nitrogen and oxygen atoms in total. The quantitative estimate of drug-likeness (QED) is 0.762. The van der Waals surface area contributed by atoms with Gasteiger partial charge in [-0.15, -0.1) is 0 Å². The number of hydrogen-bond acceptors (Lipinski definition) is 3. The first-order valence-electron chi connectivity index (χ1n) is 5.42. The Kier molecular flexibility index (Phi) is 4.01. The molecule has 1 heterocycles. The van der Waals surface area contributed by atoms with Crippen LogP contribution in [-0.4, -0.2) is 28.2 Å². The molecule has 0 unspecified atom stereocenters. The second-order valence-corrected chi connectivity index (χ2v) is 4.04. The zero-order valence-electron chi connectivity index (χ0n) is 9.28. The van der Waals surface area contributed by atoms with Crippen LogP contribution in [0.1, 0.15) is 11.4 Å². The Bertz CT molecular complexity index is 470. The highest BCUT2D eigenvalue weighted by atomic mass is 35.5. The van der Waals surface area contributed by atoms with E-state index in [1.54, 1.807) is 0 Å². The van der Waals surface area contributed by atoms with E-state index in [4.69, 9.17) is 16.7 Å². The lowest BCUT2D eigenvalue weighted by Crippen LogP contribution is -2.06. The molecule has 2 rings (SSSR count). The van der Waals surface area contributed by atoms with Crippen LogP contribution in [0.3, 0.4) is 0 Å². The average molecular weight is 252 g/mol. The monoisotopic (exact) mass is 251 g/mol. The Hall–Kier alpha value is -1.52. The Balaban J connectivity index is 2.07. The normalized spacial score (nSPS) is 10.5. The zero-order chi connectivity index (χ0) is 12.1. The van der Waals surface area contributed by atoms with Gasteiger partial charge in [0.15, 0.2) is 11.0 Å². The minimum atomic E-state index is 0.0528. The summed E-state index contributed by atoms with van der Waals surface area (Å²) < 4.78 is 0. The Morgan fingerprint density at radius 1 is 1.29 bits per heavy atom. The molecular formula is C12H14ClN3O. The topological polar surface area (TPSA) is 60.9 Å². The molecule has 17 heavy (non-hydrogen) atoms. The Labute approximate surface area is 105 Å². The Morgan fingerprint density at radius 3 is 2.76 bits per heavy atom. The lowest BCUT2D eigenvalue weighted by Gasteiger charge is -1.98. The van der Waals surface area contributed by atoms with Gasteiger partial charge in [-0.05, 0) is 5.56 Å². The highest BCUT2D eigenvalue weighted by Gasteiger charge is 2.07. The van der Waals surface area contributed by atoms with Crippen LogP contribution in [0.4, 0.5) is 5.82 Å². The minimum absolute atomic E-state index is 0.0528. The van der Waals surface area contributed by atoms with Gasteiger partial charge in [-0.25, -0.2) is 4.98 Å². The van der Waals surface area contributed by atoms with Crippen molar-refractivity contribution in [3.05, 3.63) is 46.9 Å². The summed E-state index contributed by atoms with van der Waals surface area (Å²) in [5.41, 5.74) is 1.17. The first kappa shape index (κ1) is 12.0. The number of halogens is 1. The second kappa shape index (κ2) is 5.70. The Morgan fingerprint density at radius 2 is 2.06 bits per heavy atom. The van der Waals surface area contributed by atoms with Crippen molar-refractivity contribution < 1.29 is 5.11 Å². The van der Waals surface area contributed by atoms with Gasteiger partial charge in [-0.2, -0.15) is 0 Å². The molecule has 1 aromatic heterocycles. The van der Waals surface area contributed by atoms with Crippen molar-refractivity contribution in [2.75, 3.05) is 18.5 Å². The summed E-state index contributed by atoms with van der Waals surface area (Å²) in [6, 6.07) is 10.0. The molecule has 90 valence electrons. The number of benzene rings is 1. The smallest absolute Gasteiger partial charge is 0.163 e. The molecule has 0 saturated heterocycles. The van der Waals surface area contributed by atoms with Gasteiger partial charge < -0.3 is 15.4 Å². The van der Waals surface area contributed by atoms with Crippen LogP contribution in [0.2, 0.25) is 5.15 Å². The van der Waals surface area contributed by atoms with E-state index >= 15 is 0 Å². The molecular weight excluding hydrogens is 238 g/mol. The van der Waals surface area contributed by atoms with Crippen molar-refractivity contribution in [2.24, 2.45) is 0 Å². The van der Waals surface area contributed by atoms with E-state index in [0.29, 0.717) is 23.9 Å². The van der Waals surface area contributed by atoms with Crippen molar-refractivity contribution in [3.8, 4) is 0 Å². The molecule has 0 aliphatic rings. The predicted molar refractivity (Wildman–Crippen MR) is 68.4 cm³/mol. The minimum Gasteiger partial charge on any atom is -0.395 e. The predicted octanol–water partition coefficient (Wildman–Crippen LogP) is 2.06. The second-order valence-electron chi connectivity index (χ2n) is 3.66. The van der Waals surface area contributed by atoms with Gasteiger partial charge in [0.05, 0.1) is 6.61 Å². The third-order valence-corrected chi connectivity index (χ3v) is 2.60. The number of aliphatic hydroxyl groups is 1. The van der Waals surface area contributed by atoms with Crippen LogP contribution in [0.15, 0.2) is 30.3 Å². The van der Waals surface area contributed by atoms with Crippen LogP contribution in [-0.2, 0) is 6.42 Å². The SMILES string of the molecule is OCCNc1nc(Cc2ccccc2)[nH]c1Cl. The van der Waals surface area contributed by atoms with E-state index in [9.17, 15) is 0 Å². The zero-order valence-corrected chi connectivity index (χ0v) is 10.0. The first-order chi connectivity index (χ1) is 8.29. The summed E-state index contributed by atoms with van der Waals surface area (Å²) >= 11 is 5.98. The summed E-state index contributed by atoms with van der Waals surface area (Å²) in [6.07, 6.45) is 0.710. The molecule has 0 spiro atoms. The molecule has 0 bridgehead atoms. The van der Waals surface area contributed by atoms with Crippen LogP contribution in [0.5, 0.6) is 0 Å². The summed E-state index contributed by atoms with van der Waals surface area (Å²) in [6.45, 7) is 0.493. The number of aliphatic hydroxyl groups excluding tert-OH is 1. The van der Waals surface area contributed by atoms with Gasteiger partial charge in [0.2, 0.25) is 0 Å². The van der Waals surface area contributed by atoms with Crippen LogP contribution in [0.25, 0.3) is 0 Å². The van der Waals surface area contributed by atoms with E-state index in [-0.39, 0.29) is 6.61 Å². The maximum Gasteiger partial charge on any atom is 0.163 e. The number of aromatic nitrogens is 2. The fraction of sp³-hybridized carbons (Fsp3) is 0.250. The molecule has 0 atom stereocenters. The highest BCUT2D eigenvalue weighted by Crippen LogP contribution is 2.19. The van der Waals surface area contributed by atoms with Crippen molar-refractivity contribution in [1.82, 2.24) is 9.97 Å². The molecule has 3 N–H and O–H groups in total. The molecule has 1 aromatic carbocycles. The third kappa shape index (κ3) is 3.22. The van der Waals surface area contributed by atoms with E-state index in [0.717, 1.165) is 5.82 Å². The van der Waals surface area contributed by atoms with Gasteiger partial charge in [0, 0.05) is 13.0 Å². The number of nitrogens with one attached hydrogen (secondary N) is 2. The highest BCUT2D eigenvalue weighted by molar-refractivity contribution is 6.31. The van der Waals surface area contributed by atoms with E-state index in [1.165, 1.54) is 5.56 Å². The number of anilines is 1. The van der Waals surface area contributed by atoms with E-state index < -0.39 is 0 Å². The maximum absolute atomic E-state index is 8.72. The maximum atomic E-state index is 8.72. The fourth-order valence-electron chi connectivity index (χ4n) is 1.56. The van der Waals surface area contributed by atoms with Gasteiger partial charge in [0.25, 0.3) is 0 Å². The van der Waals surface area contributed by atoms with Crippen molar-refractivity contribution in [2.45, 2.75) is 6.42 Å². The summed E-state index contributed by atoms with van der Waals surface area (Å²) in [5, 5.41) is 12.1. The van der Waals surface area contributed by atoms with Gasteiger partial charge >= 0.3 is 0 Å². The summed E-state index contributed by atoms with van der Waals surface area (Å²) in [5.74, 6) is 1.40. The lowest BCUT2D eigenvalue weighted by molar-refractivity contribution is 0.311. The number of aromatic amines is 1.